The van der Waals surface area contributed by atoms with Gasteiger partial charge in [-0.3, -0.25) is 4.98 Å². The van der Waals surface area contributed by atoms with E-state index < -0.39 is 0 Å². The average molecular weight is 1210 g/mol. The third kappa shape index (κ3) is 14.5. The van der Waals surface area contributed by atoms with E-state index in [0.29, 0.717) is 5.92 Å². The van der Waals surface area contributed by atoms with Gasteiger partial charge in [0.2, 0.25) is 0 Å². The number of allylic oxidation sites excluding steroid dienone is 1. The van der Waals surface area contributed by atoms with E-state index in [-0.39, 0.29) is 51.7 Å². The average Bonchev–Trinajstić information content (AvgIpc) is 4.20. The summed E-state index contributed by atoms with van der Waals surface area (Å²) in [6, 6.07) is 16.6. The minimum atomic E-state index is -0.151. The second-order valence-electron chi connectivity index (χ2n) is 22.5. The Morgan fingerprint density at radius 2 is 1.74 bits per heavy atom. The summed E-state index contributed by atoms with van der Waals surface area (Å²) < 4.78 is 2.59. The second-order valence-corrected chi connectivity index (χ2v) is 23.3. The fraction of sp³-hybridized carbons (Fsp3) is 0.516. The first kappa shape index (κ1) is 60.6. The second kappa shape index (κ2) is 27.8. The molecule has 3 unspecified atom stereocenters. The van der Waals surface area contributed by atoms with Gasteiger partial charge in [0.15, 0.2) is 5.13 Å². The van der Waals surface area contributed by atoms with Crippen LogP contribution < -0.4 is 20.5 Å². The monoisotopic (exact) mass is 1210 g/mol. The van der Waals surface area contributed by atoms with Crippen LogP contribution in [-0.4, -0.2) is 89.4 Å². The standard InChI is InChI=1S/C62H86N10S.C2H6.Ta/c1-14-17-23-62(11,12)39-55-53-37-49(20-21-57(53)71(16-3)60(55)54-38-52(40-64-59(54)44(7)15-2)69-30-28-68(13)29-31-69)51-34-43(6)33-48(35-51)36-56(47(10)72-26-19-18-24-65-72)66-46(9)58(42(4)5)67-45(8)50-22-27-70(41-50)61-63-25-32-73-61;1-2;/h14,20-21,25,32-35,37-38,40-42,44,50,56,58,65-66H,1,8-10,15-19,22-24,26-31,36,39H2,2-7,11-13H3;1-2H3;/q-2;;+2/t44?,50?,56?,58-;;/m0../s1. The van der Waals surface area contributed by atoms with Crippen LogP contribution in [0.5, 0.6) is 0 Å². The summed E-state index contributed by atoms with van der Waals surface area (Å²) >= 11 is 1.67. The predicted molar refractivity (Wildman–Crippen MR) is 324 cm³/mol. The molecular formula is C64H92N10STa. The molecule has 1 radical (unpaired) electrons. The number of pyridine rings is 1. The van der Waals surface area contributed by atoms with E-state index >= 15 is 0 Å². The van der Waals surface area contributed by atoms with Crippen molar-refractivity contribution < 1.29 is 22.4 Å². The number of hydrogen-bond donors (Lipinski definition) is 2. The van der Waals surface area contributed by atoms with Crippen LogP contribution in [0.15, 0.2) is 110 Å². The molecule has 0 saturated carbocycles. The third-order valence-electron chi connectivity index (χ3n) is 15.8. The normalized spacial score (nSPS) is 17.4. The van der Waals surface area contributed by atoms with Crippen LogP contribution in [-0.2, 0) is 41.8 Å². The zero-order valence-corrected chi connectivity index (χ0v) is 52.4. The number of piperazine rings is 1. The quantitative estimate of drug-likeness (QED) is 0.0495. The van der Waals surface area contributed by atoms with Crippen LogP contribution in [0, 0.1) is 30.7 Å². The van der Waals surface area contributed by atoms with Gasteiger partial charge in [-0.15, -0.1) is 30.4 Å². The molecule has 8 rings (SSSR count). The zero-order chi connectivity index (χ0) is 54.0. The minimum absolute atomic E-state index is 0. The number of benzene rings is 2. The predicted octanol–water partition coefficient (Wildman–Crippen LogP) is 14.7. The van der Waals surface area contributed by atoms with Crippen molar-refractivity contribution >= 4 is 33.1 Å². The van der Waals surface area contributed by atoms with Crippen molar-refractivity contribution in [3.05, 3.63) is 144 Å². The van der Waals surface area contributed by atoms with E-state index in [0.717, 1.165) is 126 Å². The van der Waals surface area contributed by atoms with Gasteiger partial charge < -0.3 is 34.9 Å². The van der Waals surface area contributed by atoms with Gasteiger partial charge in [-0.1, -0.05) is 123 Å². The summed E-state index contributed by atoms with van der Waals surface area (Å²) in [5.74, 6) is 0.702. The van der Waals surface area contributed by atoms with Crippen LogP contribution in [0.1, 0.15) is 129 Å². The Bertz CT molecular complexity index is 2710. The number of thiazole rings is 1. The van der Waals surface area contributed by atoms with Gasteiger partial charge in [-0.05, 0) is 130 Å². The Morgan fingerprint density at radius 1 is 0.974 bits per heavy atom. The topological polar surface area (TPSA) is 81.8 Å². The molecule has 409 valence electrons. The number of fused-ring (bicyclic) bond motifs is 1. The molecule has 0 amide bonds. The largest absolute Gasteiger partial charge is 2.00 e. The number of hydrazine groups is 1. The first-order valence-electron chi connectivity index (χ1n) is 28.4. The van der Waals surface area contributed by atoms with Crippen molar-refractivity contribution in [3.8, 4) is 22.4 Å². The minimum Gasteiger partial charge on any atom is -0.682 e. The number of aryl methyl sites for hydroxylation is 2. The molecule has 3 aliphatic heterocycles. The van der Waals surface area contributed by atoms with Crippen molar-refractivity contribution in [3.63, 3.8) is 0 Å². The fourth-order valence-electron chi connectivity index (χ4n) is 11.3. The van der Waals surface area contributed by atoms with Crippen molar-refractivity contribution in [2.75, 3.05) is 62.7 Å². The van der Waals surface area contributed by atoms with E-state index in [1.165, 1.54) is 61.4 Å². The van der Waals surface area contributed by atoms with Crippen LogP contribution in [0.2, 0.25) is 0 Å². The number of nitrogens with zero attached hydrogens (tertiary/aromatic N) is 8. The number of rotatable bonds is 23. The molecule has 3 aliphatic rings. The van der Waals surface area contributed by atoms with Crippen molar-refractivity contribution in [2.45, 2.75) is 145 Å². The number of aromatic nitrogens is 3. The zero-order valence-electron chi connectivity index (χ0n) is 48.4. The molecule has 76 heavy (non-hydrogen) atoms. The summed E-state index contributed by atoms with van der Waals surface area (Å²) in [6.45, 7) is 50.6. The van der Waals surface area contributed by atoms with E-state index in [9.17, 15) is 0 Å². The first-order chi connectivity index (χ1) is 36.1. The molecule has 3 saturated heterocycles. The molecule has 4 atom stereocenters. The van der Waals surface area contributed by atoms with Crippen LogP contribution >= 0.6 is 11.3 Å². The Labute approximate surface area is 479 Å². The molecule has 3 fully saturated rings. The maximum Gasteiger partial charge on any atom is 2.00 e. The van der Waals surface area contributed by atoms with Crippen molar-refractivity contribution in [1.82, 2.24) is 35.2 Å². The Morgan fingerprint density at radius 3 is 2.39 bits per heavy atom. The van der Waals surface area contributed by atoms with Crippen LogP contribution in [0.3, 0.4) is 0 Å². The summed E-state index contributed by atoms with van der Waals surface area (Å²) in [5, 5.41) is 15.9. The van der Waals surface area contributed by atoms with E-state index in [2.05, 4.69) is 177 Å². The van der Waals surface area contributed by atoms with Gasteiger partial charge in [0.05, 0.1) is 29.3 Å². The van der Waals surface area contributed by atoms with Crippen molar-refractivity contribution in [2.24, 2.45) is 17.3 Å². The van der Waals surface area contributed by atoms with Gasteiger partial charge in [-0.25, -0.2) is 17.0 Å². The van der Waals surface area contributed by atoms with Crippen LogP contribution in [0.4, 0.5) is 10.8 Å². The SMILES string of the molecule is C=CCCC(C)(C)Cc1c(-c2cc(N3CCN(C)CC3)cnc2C(C)CC)n(CC)c2ccc(-c3cc(C)cc(CC(NC(=C)[C@@H]([N-]C(=C)C4[CH-]N(c5nccs5)CC4)C(C)C)C(=C)N4CCCCN4)c3)cc12.CC.[Ta+2]. The third-order valence-corrected chi connectivity index (χ3v) is 16.6. The summed E-state index contributed by atoms with van der Waals surface area (Å²) in [4.78, 5) is 17.1. The van der Waals surface area contributed by atoms with Gasteiger partial charge in [-0.2, -0.15) is 5.70 Å². The molecule has 2 N–H and O–H groups in total. The molecule has 0 aliphatic carbocycles. The molecule has 5 aromatic rings. The molecule has 0 bridgehead atoms. The van der Waals surface area contributed by atoms with E-state index in [4.69, 9.17) is 23.5 Å². The first-order valence-corrected chi connectivity index (χ1v) is 29.3. The number of likely N-dealkylation sites (N-methyl/N-ethyl adjacent to an activating group) is 1. The van der Waals surface area contributed by atoms with E-state index in [1.54, 1.807) is 11.3 Å². The van der Waals surface area contributed by atoms with Gasteiger partial charge >= 0.3 is 22.4 Å². The molecule has 2 aromatic carbocycles. The molecule has 10 nitrogen and oxygen atoms in total. The van der Waals surface area contributed by atoms with Gasteiger partial charge in [0.25, 0.3) is 0 Å². The Hall–Kier alpha value is -4.62. The number of hydrogen-bond acceptors (Lipinski definition) is 9. The summed E-state index contributed by atoms with van der Waals surface area (Å²) in [5.41, 5.74) is 19.2. The van der Waals surface area contributed by atoms with E-state index in [1.807, 2.05) is 25.4 Å². The fourth-order valence-corrected chi connectivity index (χ4v) is 12.0. The smallest absolute Gasteiger partial charge is 0.682 e. The molecule has 6 heterocycles. The summed E-state index contributed by atoms with van der Waals surface area (Å²) in [7, 11) is 2.23. The van der Waals surface area contributed by atoms with Crippen molar-refractivity contribution in [1.29, 1.82) is 0 Å². The molecule has 0 spiro atoms. The Balaban J connectivity index is 0.00000309. The summed E-state index contributed by atoms with van der Waals surface area (Å²) in [6.07, 6.45) is 14.1. The Kier molecular flexibility index (Phi) is 22.2. The van der Waals surface area contributed by atoms with Gasteiger partial charge in [0.1, 0.15) is 0 Å². The van der Waals surface area contributed by atoms with Crippen LogP contribution in [0.25, 0.3) is 38.6 Å². The molecule has 12 heteroatoms. The van der Waals surface area contributed by atoms with Gasteiger partial charge in [0, 0.05) is 79.6 Å². The number of nitrogens with one attached hydrogen (secondary N) is 2. The molecule has 3 aromatic heterocycles. The molecular weight excluding hydrogens is 1120 g/mol. The maximum absolute atomic E-state index is 5.36. The maximum atomic E-state index is 5.36. The number of anilines is 2.